The minimum Gasteiger partial charge on any atom is -0.350 e. The average molecular weight is 266 g/mol. The number of nitrogens with zero attached hydrogens (tertiary/aromatic N) is 3. The monoisotopic (exact) mass is 265 g/mol. The second-order valence-electron chi connectivity index (χ2n) is 5.66. The molecule has 2 saturated heterocycles. The molecule has 2 aliphatic rings. The van der Waals surface area contributed by atoms with Crippen molar-refractivity contribution in [2.75, 3.05) is 31.6 Å². The maximum absolute atomic E-state index is 5.93. The number of aromatic nitrogens is 1. The summed E-state index contributed by atoms with van der Waals surface area (Å²) in [5, 5.41) is 0.716. The van der Waals surface area contributed by atoms with Crippen molar-refractivity contribution in [3.8, 4) is 0 Å². The fraction of sp³-hybridized carbons (Fsp3) is 0.643. The van der Waals surface area contributed by atoms with Gasteiger partial charge in [0.2, 0.25) is 0 Å². The van der Waals surface area contributed by atoms with Crippen LogP contribution in [0.3, 0.4) is 0 Å². The molecule has 0 amide bonds. The van der Waals surface area contributed by atoms with Crippen molar-refractivity contribution in [3.63, 3.8) is 0 Å². The Morgan fingerprint density at radius 3 is 2.67 bits per heavy atom. The number of hydrogen-bond acceptors (Lipinski definition) is 3. The molecule has 4 heteroatoms. The molecule has 0 radical (unpaired) electrons. The van der Waals surface area contributed by atoms with E-state index in [4.69, 9.17) is 11.6 Å². The second-order valence-corrected chi connectivity index (χ2v) is 6.09. The van der Waals surface area contributed by atoms with Crippen LogP contribution in [-0.4, -0.2) is 42.1 Å². The van der Waals surface area contributed by atoms with E-state index in [0.29, 0.717) is 10.6 Å². The molecule has 1 spiro atoms. The topological polar surface area (TPSA) is 19.4 Å². The SMILES string of the molecule is CN1CCCC2(CCCN2c2ccc(Cl)cn2)C1. The van der Waals surface area contributed by atoms with E-state index in [-0.39, 0.29) is 0 Å². The molecule has 1 atom stereocenters. The second kappa shape index (κ2) is 4.71. The number of likely N-dealkylation sites (N-methyl/N-ethyl adjacent to an activating group) is 1. The van der Waals surface area contributed by atoms with Gasteiger partial charge in [-0.05, 0) is 51.4 Å². The molecule has 0 aromatic carbocycles. The van der Waals surface area contributed by atoms with Gasteiger partial charge >= 0.3 is 0 Å². The van der Waals surface area contributed by atoms with Crippen molar-refractivity contribution in [1.29, 1.82) is 0 Å². The van der Waals surface area contributed by atoms with Gasteiger partial charge in [-0.15, -0.1) is 0 Å². The standard InChI is InChI=1S/C14H20ClN3/c1-17-8-2-6-14(11-17)7-3-9-18(14)13-5-4-12(15)10-16-13/h4-5,10H,2-3,6-9,11H2,1H3. The molecular formula is C14H20ClN3. The lowest BCUT2D eigenvalue weighted by Crippen LogP contribution is -2.55. The van der Waals surface area contributed by atoms with E-state index < -0.39 is 0 Å². The van der Waals surface area contributed by atoms with E-state index in [1.54, 1.807) is 6.20 Å². The third-order valence-corrected chi connectivity index (χ3v) is 4.55. The van der Waals surface area contributed by atoms with E-state index in [9.17, 15) is 0 Å². The van der Waals surface area contributed by atoms with Crippen molar-refractivity contribution in [1.82, 2.24) is 9.88 Å². The Morgan fingerprint density at radius 2 is 2.00 bits per heavy atom. The zero-order valence-corrected chi connectivity index (χ0v) is 11.7. The minimum atomic E-state index is 0.313. The normalized spacial score (nSPS) is 29.1. The maximum Gasteiger partial charge on any atom is 0.129 e. The third-order valence-electron chi connectivity index (χ3n) is 4.33. The number of rotatable bonds is 1. The molecule has 0 bridgehead atoms. The summed E-state index contributed by atoms with van der Waals surface area (Å²) in [4.78, 5) is 9.48. The van der Waals surface area contributed by atoms with Gasteiger partial charge in [-0.2, -0.15) is 0 Å². The zero-order valence-electron chi connectivity index (χ0n) is 10.9. The molecule has 18 heavy (non-hydrogen) atoms. The molecular weight excluding hydrogens is 246 g/mol. The van der Waals surface area contributed by atoms with Gasteiger partial charge in [0.05, 0.1) is 10.6 Å². The lowest BCUT2D eigenvalue weighted by Gasteiger charge is -2.45. The fourth-order valence-corrected chi connectivity index (χ4v) is 3.70. The van der Waals surface area contributed by atoms with Crippen molar-refractivity contribution < 1.29 is 0 Å². The van der Waals surface area contributed by atoms with Crippen LogP contribution in [0.25, 0.3) is 0 Å². The summed E-state index contributed by atoms with van der Waals surface area (Å²) in [5.74, 6) is 1.09. The fourth-order valence-electron chi connectivity index (χ4n) is 3.59. The Bertz CT molecular complexity index is 420. The Hall–Kier alpha value is -0.800. The van der Waals surface area contributed by atoms with Crippen LogP contribution in [0.4, 0.5) is 5.82 Å². The number of halogens is 1. The molecule has 0 aliphatic carbocycles. The van der Waals surface area contributed by atoms with Gasteiger partial charge in [-0.25, -0.2) is 4.98 Å². The molecule has 3 heterocycles. The van der Waals surface area contributed by atoms with Gasteiger partial charge in [0, 0.05) is 19.3 Å². The van der Waals surface area contributed by atoms with Crippen molar-refractivity contribution in [3.05, 3.63) is 23.4 Å². The van der Waals surface area contributed by atoms with Crippen LogP contribution in [0.15, 0.2) is 18.3 Å². The number of likely N-dealkylation sites (tertiary alicyclic amines) is 1. The molecule has 1 aromatic rings. The highest BCUT2D eigenvalue weighted by Gasteiger charge is 2.43. The predicted molar refractivity (Wildman–Crippen MR) is 75.3 cm³/mol. The number of pyridine rings is 1. The molecule has 0 N–H and O–H groups in total. The van der Waals surface area contributed by atoms with E-state index in [1.165, 1.54) is 32.2 Å². The first-order valence-corrected chi connectivity index (χ1v) is 7.15. The van der Waals surface area contributed by atoms with Gasteiger partial charge in [-0.3, -0.25) is 0 Å². The van der Waals surface area contributed by atoms with Crippen molar-refractivity contribution in [2.45, 2.75) is 31.2 Å². The van der Waals surface area contributed by atoms with Gasteiger partial charge < -0.3 is 9.80 Å². The van der Waals surface area contributed by atoms with Gasteiger partial charge in [0.25, 0.3) is 0 Å². The molecule has 2 aliphatic heterocycles. The Morgan fingerprint density at radius 1 is 1.22 bits per heavy atom. The van der Waals surface area contributed by atoms with Crippen molar-refractivity contribution in [2.24, 2.45) is 0 Å². The minimum absolute atomic E-state index is 0.313. The Labute approximate surface area is 114 Å². The van der Waals surface area contributed by atoms with E-state index in [2.05, 4.69) is 27.9 Å². The molecule has 1 aromatic heterocycles. The van der Waals surface area contributed by atoms with Gasteiger partial charge in [-0.1, -0.05) is 11.6 Å². The predicted octanol–water partition coefficient (Wildman–Crippen LogP) is 2.80. The van der Waals surface area contributed by atoms with E-state index >= 15 is 0 Å². The highest BCUT2D eigenvalue weighted by Crippen LogP contribution is 2.39. The van der Waals surface area contributed by atoms with Crippen LogP contribution in [0.1, 0.15) is 25.7 Å². The number of piperidine rings is 1. The molecule has 3 nitrogen and oxygen atoms in total. The first kappa shape index (κ1) is 12.2. The van der Waals surface area contributed by atoms with E-state index in [0.717, 1.165) is 18.9 Å². The lowest BCUT2D eigenvalue weighted by molar-refractivity contribution is 0.180. The molecule has 3 rings (SSSR count). The van der Waals surface area contributed by atoms with Crippen molar-refractivity contribution >= 4 is 17.4 Å². The van der Waals surface area contributed by atoms with Gasteiger partial charge in [0.1, 0.15) is 5.82 Å². The summed E-state index contributed by atoms with van der Waals surface area (Å²) in [5.41, 5.74) is 0.313. The zero-order chi connectivity index (χ0) is 12.6. The molecule has 98 valence electrons. The summed E-state index contributed by atoms with van der Waals surface area (Å²) in [6.07, 6.45) is 6.91. The molecule has 0 saturated carbocycles. The highest BCUT2D eigenvalue weighted by molar-refractivity contribution is 6.30. The summed E-state index contributed by atoms with van der Waals surface area (Å²) in [6.45, 7) is 3.52. The summed E-state index contributed by atoms with van der Waals surface area (Å²) in [6, 6.07) is 4.01. The first-order chi connectivity index (χ1) is 8.70. The average Bonchev–Trinajstić information content (AvgIpc) is 2.73. The van der Waals surface area contributed by atoms with Crippen LogP contribution < -0.4 is 4.90 Å². The summed E-state index contributed by atoms with van der Waals surface area (Å²) >= 11 is 5.93. The highest BCUT2D eigenvalue weighted by atomic mass is 35.5. The third kappa shape index (κ3) is 2.10. The first-order valence-electron chi connectivity index (χ1n) is 6.77. The van der Waals surface area contributed by atoms with Crippen LogP contribution in [0.5, 0.6) is 0 Å². The van der Waals surface area contributed by atoms with Gasteiger partial charge in [0.15, 0.2) is 0 Å². The lowest BCUT2D eigenvalue weighted by atomic mass is 9.86. The quantitative estimate of drug-likeness (QED) is 0.778. The Kier molecular flexibility index (Phi) is 3.20. The van der Waals surface area contributed by atoms with Crippen LogP contribution >= 0.6 is 11.6 Å². The smallest absolute Gasteiger partial charge is 0.129 e. The summed E-state index contributed by atoms with van der Waals surface area (Å²) in [7, 11) is 2.23. The molecule has 1 unspecified atom stereocenters. The summed E-state index contributed by atoms with van der Waals surface area (Å²) < 4.78 is 0. The molecule has 2 fully saturated rings. The van der Waals surface area contributed by atoms with E-state index in [1.807, 2.05) is 6.07 Å². The van der Waals surface area contributed by atoms with Crippen LogP contribution in [0, 0.1) is 0 Å². The number of hydrogen-bond donors (Lipinski definition) is 0. The van der Waals surface area contributed by atoms with Crippen LogP contribution in [-0.2, 0) is 0 Å². The largest absolute Gasteiger partial charge is 0.350 e. The Balaban J connectivity index is 1.88. The maximum atomic E-state index is 5.93. The number of anilines is 1. The van der Waals surface area contributed by atoms with Crippen LogP contribution in [0.2, 0.25) is 5.02 Å².